The highest BCUT2D eigenvalue weighted by atomic mass is 79.9. The van der Waals surface area contributed by atoms with E-state index in [-0.39, 0.29) is 5.41 Å². The van der Waals surface area contributed by atoms with Crippen molar-refractivity contribution in [2.75, 3.05) is 0 Å². The second kappa shape index (κ2) is 4.05. The minimum absolute atomic E-state index is 0.222. The molecular weight excluding hydrogens is 296 g/mol. The van der Waals surface area contributed by atoms with E-state index in [1.54, 1.807) is 0 Å². The van der Waals surface area contributed by atoms with Crippen LogP contribution < -0.4 is 0 Å². The first kappa shape index (κ1) is 11.1. The van der Waals surface area contributed by atoms with Gasteiger partial charge in [-0.25, -0.2) is 9.97 Å². The fourth-order valence-electron chi connectivity index (χ4n) is 0.988. The van der Waals surface area contributed by atoms with Crippen molar-refractivity contribution in [2.24, 2.45) is 5.41 Å². The average Bonchev–Trinajstić information content (AvgIpc) is 1.78. The summed E-state index contributed by atoms with van der Waals surface area (Å²) in [6.07, 6.45) is 0.880. The van der Waals surface area contributed by atoms with Crippen LogP contribution in [0.1, 0.15) is 26.6 Å². The summed E-state index contributed by atoms with van der Waals surface area (Å²) in [5.74, 6) is 0.869. The third-order valence-electron chi connectivity index (χ3n) is 1.40. The maximum Gasteiger partial charge on any atom is 0.131 e. The van der Waals surface area contributed by atoms with Crippen LogP contribution >= 0.6 is 31.9 Å². The number of aromatic nitrogens is 2. The Bertz CT molecular complexity index is 285. The lowest BCUT2D eigenvalue weighted by Gasteiger charge is -2.16. The van der Waals surface area contributed by atoms with Crippen molar-refractivity contribution in [3.63, 3.8) is 0 Å². The summed E-state index contributed by atoms with van der Waals surface area (Å²) >= 11 is 6.68. The monoisotopic (exact) mass is 306 g/mol. The Morgan fingerprint density at radius 1 is 1.15 bits per heavy atom. The van der Waals surface area contributed by atoms with Gasteiger partial charge in [0.15, 0.2) is 0 Å². The quantitative estimate of drug-likeness (QED) is 0.741. The first-order valence-corrected chi connectivity index (χ1v) is 5.64. The Balaban J connectivity index is 2.90. The van der Waals surface area contributed by atoms with Crippen molar-refractivity contribution >= 4 is 31.9 Å². The molecule has 1 aromatic rings. The minimum atomic E-state index is 0.222. The zero-order valence-corrected chi connectivity index (χ0v) is 11.1. The molecule has 4 heteroatoms. The van der Waals surface area contributed by atoms with E-state index in [0.717, 1.165) is 21.5 Å². The first-order chi connectivity index (χ1) is 5.87. The molecule has 0 spiro atoms. The maximum atomic E-state index is 4.29. The molecule has 0 atom stereocenters. The van der Waals surface area contributed by atoms with Gasteiger partial charge in [0.05, 0.1) is 0 Å². The van der Waals surface area contributed by atoms with Crippen molar-refractivity contribution in [3.05, 3.63) is 21.1 Å². The molecule has 0 aliphatic heterocycles. The largest absolute Gasteiger partial charge is 0.226 e. The molecular formula is C9H12Br2N2. The van der Waals surface area contributed by atoms with Crippen LogP contribution in [0, 0.1) is 5.41 Å². The van der Waals surface area contributed by atoms with Crippen LogP contribution in [0.25, 0.3) is 0 Å². The van der Waals surface area contributed by atoms with Crippen LogP contribution in [-0.2, 0) is 6.42 Å². The summed E-state index contributed by atoms with van der Waals surface area (Å²) in [7, 11) is 0. The molecule has 1 heterocycles. The van der Waals surface area contributed by atoms with E-state index in [9.17, 15) is 0 Å². The van der Waals surface area contributed by atoms with Crippen LogP contribution in [0.5, 0.6) is 0 Å². The van der Waals surface area contributed by atoms with Crippen LogP contribution in [0.15, 0.2) is 15.3 Å². The van der Waals surface area contributed by atoms with Gasteiger partial charge < -0.3 is 0 Å². The van der Waals surface area contributed by atoms with E-state index in [0.29, 0.717) is 0 Å². The van der Waals surface area contributed by atoms with Gasteiger partial charge in [-0.05, 0) is 37.3 Å². The van der Waals surface area contributed by atoms with Gasteiger partial charge in [0.1, 0.15) is 15.0 Å². The van der Waals surface area contributed by atoms with Gasteiger partial charge in [0, 0.05) is 12.5 Å². The molecule has 2 nitrogen and oxygen atoms in total. The van der Waals surface area contributed by atoms with Gasteiger partial charge in [-0.1, -0.05) is 20.8 Å². The molecule has 0 bridgehead atoms. The van der Waals surface area contributed by atoms with Crippen LogP contribution in [-0.4, -0.2) is 9.97 Å². The molecule has 0 fully saturated rings. The van der Waals surface area contributed by atoms with Gasteiger partial charge in [0.2, 0.25) is 0 Å². The lowest BCUT2D eigenvalue weighted by atomic mass is 9.92. The molecule has 1 rings (SSSR count). The molecule has 0 amide bonds. The molecule has 13 heavy (non-hydrogen) atoms. The van der Waals surface area contributed by atoms with Crippen LogP contribution in [0.3, 0.4) is 0 Å². The lowest BCUT2D eigenvalue weighted by molar-refractivity contribution is 0.400. The zero-order valence-electron chi connectivity index (χ0n) is 7.93. The number of halogens is 2. The van der Waals surface area contributed by atoms with Crippen LogP contribution in [0.4, 0.5) is 0 Å². The molecule has 72 valence electrons. The van der Waals surface area contributed by atoms with Crippen molar-refractivity contribution in [1.29, 1.82) is 0 Å². The molecule has 0 radical (unpaired) electrons. The summed E-state index contributed by atoms with van der Waals surface area (Å²) in [5.41, 5.74) is 0.222. The average molecular weight is 308 g/mol. The van der Waals surface area contributed by atoms with Gasteiger partial charge in [-0.3, -0.25) is 0 Å². The van der Waals surface area contributed by atoms with Crippen molar-refractivity contribution in [3.8, 4) is 0 Å². The lowest BCUT2D eigenvalue weighted by Crippen LogP contribution is -2.12. The number of rotatable bonds is 1. The van der Waals surface area contributed by atoms with Gasteiger partial charge in [-0.2, -0.15) is 0 Å². The highest BCUT2D eigenvalue weighted by Crippen LogP contribution is 2.21. The van der Waals surface area contributed by atoms with Crippen LogP contribution in [0.2, 0.25) is 0 Å². The van der Waals surface area contributed by atoms with Crippen molar-refractivity contribution in [1.82, 2.24) is 9.97 Å². The number of hydrogen-bond donors (Lipinski definition) is 0. The van der Waals surface area contributed by atoms with E-state index < -0.39 is 0 Å². The van der Waals surface area contributed by atoms with Crippen molar-refractivity contribution < 1.29 is 0 Å². The van der Waals surface area contributed by atoms with Crippen molar-refractivity contribution in [2.45, 2.75) is 27.2 Å². The maximum absolute atomic E-state index is 4.29. The standard InChI is InChI=1S/C9H12Br2N2/c1-9(2,3)5-8-12-6(10)4-7(11)13-8/h4H,5H2,1-3H3. The topological polar surface area (TPSA) is 25.8 Å². The fraction of sp³-hybridized carbons (Fsp3) is 0.556. The summed E-state index contributed by atoms with van der Waals surface area (Å²) in [6.45, 7) is 6.52. The Labute approximate surface area is 95.4 Å². The molecule has 0 saturated heterocycles. The van der Waals surface area contributed by atoms with E-state index in [1.807, 2.05) is 6.07 Å². The number of nitrogens with zero attached hydrogens (tertiary/aromatic N) is 2. The highest BCUT2D eigenvalue weighted by Gasteiger charge is 2.13. The second-order valence-electron chi connectivity index (χ2n) is 4.17. The molecule has 0 saturated carbocycles. The second-order valence-corrected chi connectivity index (χ2v) is 5.79. The summed E-state index contributed by atoms with van der Waals surface area (Å²) in [4.78, 5) is 8.59. The minimum Gasteiger partial charge on any atom is -0.226 e. The molecule has 0 aliphatic carbocycles. The smallest absolute Gasteiger partial charge is 0.131 e. The first-order valence-electron chi connectivity index (χ1n) is 4.06. The molecule has 0 aliphatic rings. The normalized spacial score (nSPS) is 11.8. The van der Waals surface area contributed by atoms with E-state index >= 15 is 0 Å². The third-order valence-corrected chi connectivity index (χ3v) is 2.21. The Kier molecular flexibility index (Phi) is 3.46. The third kappa shape index (κ3) is 4.18. The van der Waals surface area contributed by atoms with Gasteiger partial charge in [0.25, 0.3) is 0 Å². The van der Waals surface area contributed by atoms with Gasteiger partial charge in [-0.15, -0.1) is 0 Å². The summed E-state index contributed by atoms with van der Waals surface area (Å²) < 4.78 is 1.65. The van der Waals surface area contributed by atoms with E-state index in [4.69, 9.17) is 0 Å². The Morgan fingerprint density at radius 3 is 2.00 bits per heavy atom. The molecule has 1 aromatic heterocycles. The SMILES string of the molecule is CC(C)(C)Cc1nc(Br)cc(Br)n1. The highest BCUT2D eigenvalue weighted by molar-refractivity contribution is 9.11. The predicted molar refractivity (Wildman–Crippen MR) is 60.6 cm³/mol. The molecule has 0 aromatic carbocycles. The van der Waals surface area contributed by atoms with E-state index in [1.165, 1.54) is 0 Å². The van der Waals surface area contributed by atoms with E-state index in [2.05, 4.69) is 62.6 Å². The fourth-order valence-corrected chi connectivity index (χ4v) is 2.14. The molecule has 0 unspecified atom stereocenters. The summed E-state index contributed by atoms with van der Waals surface area (Å²) in [5, 5.41) is 0. The predicted octanol–water partition coefficient (Wildman–Crippen LogP) is 3.59. The summed E-state index contributed by atoms with van der Waals surface area (Å²) in [6, 6.07) is 1.84. The van der Waals surface area contributed by atoms with Gasteiger partial charge >= 0.3 is 0 Å². The molecule has 0 N–H and O–H groups in total. The number of hydrogen-bond acceptors (Lipinski definition) is 2. The Hall–Kier alpha value is 0.0400. The zero-order chi connectivity index (χ0) is 10.1. The Morgan fingerprint density at radius 2 is 1.62 bits per heavy atom.